The number of hydrogen-bond acceptors (Lipinski definition) is 1. The first kappa shape index (κ1) is 18.7. The Bertz CT molecular complexity index is 788. The molecule has 1 fully saturated rings. The number of aromatic nitrogens is 1. The van der Waals surface area contributed by atoms with Crippen molar-refractivity contribution in [2.24, 2.45) is 0 Å². The third kappa shape index (κ3) is 3.65. The maximum absolute atomic E-state index is 3.77. The Labute approximate surface area is 171 Å². The minimum Gasteiger partial charge on any atom is -0.342 e. The van der Waals surface area contributed by atoms with Crippen LogP contribution in [0.1, 0.15) is 112 Å². The summed E-state index contributed by atoms with van der Waals surface area (Å²) in [6, 6.07) is 8.19. The molecule has 1 aromatic heterocycles. The lowest BCUT2D eigenvalue weighted by Gasteiger charge is -2.31. The van der Waals surface area contributed by atoms with Crippen LogP contribution in [0.2, 0.25) is 0 Å². The monoisotopic (exact) mass is 378 g/mol. The largest absolute Gasteiger partial charge is 0.342 e. The second kappa shape index (κ2) is 8.61. The molecule has 0 radical (unpaired) electrons. The number of benzene rings is 1. The fraction of sp³-hybridized carbons (Fsp3) is 0.692. The molecule has 0 saturated heterocycles. The van der Waals surface area contributed by atoms with Crippen LogP contribution in [0.4, 0.5) is 0 Å². The number of rotatable bonds is 1. The molecule has 0 bridgehead atoms. The Balaban J connectivity index is 1.44. The van der Waals surface area contributed by atoms with E-state index in [1.54, 1.807) is 22.2 Å². The van der Waals surface area contributed by atoms with Gasteiger partial charge in [-0.2, -0.15) is 0 Å². The van der Waals surface area contributed by atoms with Gasteiger partial charge in [0.25, 0.3) is 0 Å². The predicted molar refractivity (Wildman–Crippen MR) is 119 cm³/mol. The van der Waals surface area contributed by atoms with Gasteiger partial charge in [0.05, 0.1) is 0 Å². The van der Waals surface area contributed by atoms with E-state index in [9.17, 15) is 0 Å². The minimum absolute atomic E-state index is 0.606. The molecule has 1 aliphatic heterocycles. The summed E-state index contributed by atoms with van der Waals surface area (Å²) in [5, 5.41) is 5.36. The van der Waals surface area contributed by atoms with Crippen LogP contribution in [0.25, 0.3) is 10.9 Å². The summed E-state index contributed by atoms with van der Waals surface area (Å²) in [6.07, 6.45) is 19.8. The lowest BCUT2D eigenvalue weighted by atomic mass is 9.86. The van der Waals surface area contributed by atoms with Crippen molar-refractivity contribution in [2.45, 2.75) is 108 Å². The first-order valence-corrected chi connectivity index (χ1v) is 12.3. The molecule has 152 valence electrons. The number of fused-ring (bicyclic) bond motifs is 3. The Morgan fingerprint density at radius 3 is 2.25 bits per heavy atom. The average molecular weight is 379 g/mol. The van der Waals surface area contributed by atoms with Crippen LogP contribution in [0.5, 0.6) is 0 Å². The van der Waals surface area contributed by atoms with Crippen LogP contribution in [-0.2, 0) is 13.0 Å². The molecule has 1 N–H and O–H groups in total. The molecule has 5 rings (SSSR count). The van der Waals surface area contributed by atoms with Gasteiger partial charge in [-0.25, -0.2) is 0 Å². The summed E-state index contributed by atoms with van der Waals surface area (Å²) in [6.45, 7) is 2.27. The molecule has 1 aromatic carbocycles. The van der Waals surface area contributed by atoms with E-state index in [1.165, 1.54) is 95.4 Å². The Kier molecular flexibility index (Phi) is 5.76. The number of hydrogen-bond donors (Lipinski definition) is 1. The van der Waals surface area contributed by atoms with Gasteiger partial charge >= 0.3 is 0 Å². The lowest BCUT2D eigenvalue weighted by molar-refractivity contribution is 0.384. The lowest BCUT2D eigenvalue weighted by Crippen LogP contribution is -2.35. The molecular weight excluding hydrogens is 340 g/mol. The topological polar surface area (TPSA) is 17.0 Å². The van der Waals surface area contributed by atoms with Gasteiger partial charge in [0, 0.05) is 35.7 Å². The molecule has 2 heterocycles. The summed E-state index contributed by atoms with van der Waals surface area (Å²) >= 11 is 0. The van der Waals surface area contributed by atoms with E-state index in [2.05, 4.69) is 28.1 Å². The van der Waals surface area contributed by atoms with Gasteiger partial charge in [0.1, 0.15) is 0 Å². The van der Waals surface area contributed by atoms with E-state index in [-0.39, 0.29) is 0 Å². The molecule has 1 atom stereocenters. The molecule has 0 unspecified atom stereocenters. The van der Waals surface area contributed by atoms with Gasteiger partial charge in [0.15, 0.2) is 0 Å². The number of nitrogens with one attached hydrogen (secondary N) is 1. The normalized spacial score (nSPS) is 25.1. The molecule has 0 amide bonds. The molecular formula is C26H38N2. The molecule has 1 saturated carbocycles. The summed E-state index contributed by atoms with van der Waals surface area (Å²) in [7, 11) is 0. The third-order valence-corrected chi connectivity index (χ3v) is 7.79. The smallest absolute Gasteiger partial charge is 0.0486 e. The average Bonchev–Trinajstić information content (AvgIpc) is 3.04. The van der Waals surface area contributed by atoms with Crippen molar-refractivity contribution in [3.8, 4) is 0 Å². The van der Waals surface area contributed by atoms with E-state index < -0.39 is 0 Å². The summed E-state index contributed by atoms with van der Waals surface area (Å²) in [5.74, 6) is 0.783. The zero-order chi connectivity index (χ0) is 18.8. The molecule has 3 aliphatic rings. The summed E-state index contributed by atoms with van der Waals surface area (Å²) < 4.78 is 2.65. The zero-order valence-corrected chi connectivity index (χ0v) is 17.6. The quantitative estimate of drug-likeness (QED) is 0.564. The van der Waals surface area contributed by atoms with E-state index >= 15 is 0 Å². The fourth-order valence-corrected chi connectivity index (χ4v) is 6.28. The fourth-order valence-electron chi connectivity index (χ4n) is 6.28. The van der Waals surface area contributed by atoms with Crippen molar-refractivity contribution in [2.75, 3.05) is 6.54 Å². The molecule has 2 heteroatoms. The standard InChI is InChI=1S/C26H38N2/c1-2-4-6-8-11-20(12-9-7-5-3-1)21-15-16-25-23(19-21)22-13-10-14-24-26(22)28(25)18-17-27-24/h15-16,19-20,24,27H,1-14,17-18H2/t24-/m0/s1. The van der Waals surface area contributed by atoms with E-state index in [1.807, 2.05) is 0 Å². The van der Waals surface area contributed by atoms with Crippen LogP contribution in [0.15, 0.2) is 18.2 Å². The Morgan fingerprint density at radius 2 is 1.50 bits per heavy atom. The van der Waals surface area contributed by atoms with Crippen molar-refractivity contribution < 1.29 is 0 Å². The van der Waals surface area contributed by atoms with Crippen LogP contribution >= 0.6 is 0 Å². The summed E-state index contributed by atoms with van der Waals surface area (Å²) in [4.78, 5) is 0. The van der Waals surface area contributed by atoms with E-state index in [0.29, 0.717) is 6.04 Å². The highest BCUT2D eigenvalue weighted by molar-refractivity contribution is 5.87. The highest BCUT2D eigenvalue weighted by Crippen LogP contribution is 2.40. The SMILES string of the molecule is c1cc2c(cc1C1CCCCCCCCCCC1)c1c3n2CCN[C@H]3CCC1. The second-order valence-electron chi connectivity index (χ2n) is 9.65. The van der Waals surface area contributed by atoms with Crippen LogP contribution in [0.3, 0.4) is 0 Å². The minimum atomic E-state index is 0.606. The third-order valence-electron chi connectivity index (χ3n) is 7.79. The first-order chi connectivity index (χ1) is 13.9. The highest BCUT2D eigenvalue weighted by atomic mass is 15.1. The maximum Gasteiger partial charge on any atom is 0.0486 e. The van der Waals surface area contributed by atoms with Gasteiger partial charge in [0.2, 0.25) is 0 Å². The maximum atomic E-state index is 3.77. The number of aryl methyl sites for hydroxylation is 1. The summed E-state index contributed by atoms with van der Waals surface area (Å²) in [5.41, 5.74) is 6.45. The molecule has 2 aliphatic carbocycles. The van der Waals surface area contributed by atoms with Crippen LogP contribution < -0.4 is 5.32 Å². The second-order valence-corrected chi connectivity index (χ2v) is 9.65. The molecule has 2 nitrogen and oxygen atoms in total. The predicted octanol–water partition coefficient (Wildman–Crippen LogP) is 7.01. The van der Waals surface area contributed by atoms with Crippen LogP contribution in [-0.4, -0.2) is 11.1 Å². The zero-order valence-electron chi connectivity index (χ0n) is 17.6. The Morgan fingerprint density at radius 1 is 0.786 bits per heavy atom. The Hall–Kier alpha value is -1.28. The van der Waals surface area contributed by atoms with Gasteiger partial charge in [-0.15, -0.1) is 0 Å². The van der Waals surface area contributed by atoms with E-state index in [0.717, 1.165) is 19.0 Å². The van der Waals surface area contributed by atoms with Gasteiger partial charge in [-0.05, 0) is 61.3 Å². The molecule has 2 aromatic rings. The van der Waals surface area contributed by atoms with E-state index in [4.69, 9.17) is 0 Å². The highest BCUT2D eigenvalue weighted by Gasteiger charge is 2.30. The van der Waals surface area contributed by atoms with Crippen molar-refractivity contribution >= 4 is 10.9 Å². The molecule has 28 heavy (non-hydrogen) atoms. The van der Waals surface area contributed by atoms with Crippen LogP contribution in [0, 0.1) is 0 Å². The van der Waals surface area contributed by atoms with Crippen molar-refractivity contribution in [1.82, 2.24) is 9.88 Å². The van der Waals surface area contributed by atoms with Crippen molar-refractivity contribution in [3.05, 3.63) is 35.0 Å². The number of nitrogens with zero attached hydrogens (tertiary/aromatic N) is 1. The van der Waals surface area contributed by atoms with Gasteiger partial charge in [-0.1, -0.05) is 63.9 Å². The van der Waals surface area contributed by atoms with Gasteiger partial charge in [-0.3, -0.25) is 0 Å². The molecule has 0 spiro atoms. The van der Waals surface area contributed by atoms with Crippen molar-refractivity contribution in [1.29, 1.82) is 0 Å². The van der Waals surface area contributed by atoms with Crippen molar-refractivity contribution in [3.63, 3.8) is 0 Å². The van der Waals surface area contributed by atoms with Gasteiger partial charge < -0.3 is 9.88 Å². The first-order valence-electron chi connectivity index (χ1n) is 12.3.